The summed E-state index contributed by atoms with van der Waals surface area (Å²) in [5.41, 5.74) is 7.28. The van der Waals surface area contributed by atoms with Crippen molar-refractivity contribution in [3.8, 4) is 11.3 Å². The number of rotatable bonds is 3. The van der Waals surface area contributed by atoms with Gasteiger partial charge in [-0.2, -0.15) is 0 Å². The van der Waals surface area contributed by atoms with Crippen LogP contribution in [0, 0.1) is 11.7 Å². The highest BCUT2D eigenvalue weighted by molar-refractivity contribution is 7.21. The molecular weight excluding hydrogens is 339 g/mol. The zero-order chi connectivity index (χ0) is 17.4. The average Bonchev–Trinajstić information content (AvgIpc) is 3.05. The quantitative estimate of drug-likeness (QED) is 0.782. The molecule has 0 saturated carbocycles. The van der Waals surface area contributed by atoms with Crippen LogP contribution < -0.4 is 10.6 Å². The molecule has 0 atom stereocenters. The minimum Gasteiger partial charge on any atom is -0.369 e. The van der Waals surface area contributed by atoms with Crippen LogP contribution in [0.25, 0.3) is 21.6 Å². The SMILES string of the molecule is NC(=O)C1CCN(c2nc3ccc(-c4ccccc4F)nc3s2)CC1. The van der Waals surface area contributed by atoms with Crippen LogP contribution in [-0.4, -0.2) is 29.0 Å². The van der Waals surface area contributed by atoms with E-state index in [1.54, 1.807) is 24.3 Å². The number of nitrogens with zero attached hydrogens (tertiary/aromatic N) is 3. The Morgan fingerprint density at radius 3 is 2.64 bits per heavy atom. The Morgan fingerprint density at radius 1 is 1.16 bits per heavy atom. The van der Waals surface area contributed by atoms with Crippen molar-refractivity contribution >= 4 is 32.7 Å². The third kappa shape index (κ3) is 3.07. The van der Waals surface area contributed by atoms with Gasteiger partial charge in [-0.3, -0.25) is 4.79 Å². The Balaban J connectivity index is 1.61. The number of hydrogen-bond donors (Lipinski definition) is 1. The largest absolute Gasteiger partial charge is 0.369 e. The predicted molar refractivity (Wildman–Crippen MR) is 96.9 cm³/mol. The molecule has 25 heavy (non-hydrogen) atoms. The molecule has 1 aliphatic rings. The van der Waals surface area contributed by atoms with Crippen molar-refractivity contribution < 1.29 is 9.18 Å². The van der Waals surface area contributed by atoms with Crippen LogP contribution in [0.1, 0.15) is 12.8 Å². The number of halogens is 1. The van der Waals surface area contributed by atoms with Crippen LogP contribution in [0.5, 0.6) is 0 Å². The lowest BCUT2D eigenvalue weighted by atomic mass is 9.97. The van der Waals surface area contributed by atoms with E-state index in [-0.39, 0.29) is 17.6 Å². The number of anilines is 1. The van der Waals surface area contributed by atoms with Gasteiger partial charge in [-0.1, -0.05) is 23.5 Å². The number of fused-ring (bicyclic) bond motifs is 1. The van der Waals surface area contributed by atoms with E-state index in [2.05, 4.69) is 14.9 Å². The van der Waals surface area contributed by atoms with Crippen LogP contribution in [0.15, 0.2) is 36.4 Å². The minimum absolute atomic E-state index is 0.0450. The summed E-state index contributed by atoms with van der Waals surface area (Å²) in [6.07, 6.45) is 1.50. The molecular formula is C18H17FN4OS. The van der Waals surface area contributed by atoms with Crippen molar-refractivity contribution in [3.63, 3.8) is 0 Å². The summed E-state index contributed by atoms with van der Waals surface area (Å²) in [5.74, 6) is -0.552. The third-order valence-corrected chi connectivity index (χ3v) is 5.59. The van der Waals surface area contributed by atoms with E-state index in [1.807, 2.05) is 6.07 Å². The van der Waals surface area contributed by atoms with Gasteiger partial charge < -0.3 is 10.6 Å². The number of benzene rings is 1. The molecule has 1 saturated heterocycles. The van der Waals surface area contributed by atoms with Gasteiger partial charge in [-0.05, 0) is 37.1 Å². The molecule has 2 N–H and O–H groups in total. The molecule has 1 fully saturated rings. The fourth-order valence-electron chi connectivity index (χ4n) is 3.12. The molecule has 3 heterocycles. The molecule has 4 rings (SSSR count). The normalized spacial score (nSPS) is 15.6. The van der Waals surface area contributed by atoms with Gasteiger partial charge in [0.05, 0.1) is 5.69 Å². The number of primary amides is 1. The van der Waals surface area contributed by atoms with Gasteiger partial charge in [-0.15, -0.1) is 0 Å². The van der Waals surface area contributed by atoms with Crippen molar-refractivity contribution in [2.45, 2.75) is 12.8 Å². The lowest BCUT2D eigenvalue weighted by Gasteiger charge is -2.30. The summed E-state index contributed by atoms with van der Waals surface area (Å²) < 4.78 is 14.0. The molecule has 3 aromatic rings. The van der Waals surface area contributed by atoms with Gasteiger partial charge in [0.2, 0.25) is 5.91 Å². The van der Waals surface area contributed by atoms with E-state index in [0.717, 1.165) is 41.4 Å². The first-order chi connectivity index (χ1) is 12.1. The lowest BCUT2D eigenvalue weighted by molar-refractivity contribution is -0.122. The Kier molecular flexibility index (Phi) is 4.09. The molecule has 0 unspecified atom stereocenters. The highest BCUT2D eigenvalue weighted by Gasteiger charge is 2.25. The highest BCUT2D eigenvalue weighted by atomic mass is 32.1. The van der Waals surface area contributed by atoms with Crippen LogP contribution in [0.3, 0.4) is 0 Å². The van der Waals surface area contributed by atoms with Crippen molar-refractivity contribution in [1.29, 1.82) is 0 Å². The van der Waals surface area contributed by atoms with Gasteiger partial charge in [0.25, 0.3) is 0 Å². The van der Waals surface area contributed by atoms with E-state index in [0.29, 0.717) is 11.3 Å². The topological polar surface area (TPSA) is 72.1 Å². The molecule has 0 bridgehead atoms. The fourth-order valence-corrected chi connectivity index (χ4v) is 4.11. The molecule has 7 heteroatoms. The van der Waals surface area contributed by atoms with E-state index in [1.165, 1.54) is 17.4 Å². The van der Waals surface area contributed by atoms with Crippen LogP contribution in [-0.2, 0) is 4.79 Å². The number of hydrogen-bond acceptors (Lipinski definition) is 5. The predicted octanol–water partition coefficient (Wildman–Crippen LogP) is 3.20. The number of piperidine rings is 1. The molecule has 128 valence electrons. The number of carbonyl (C=O) groups excluding carboxylic acids is 1. The first-order valence-electron chi connectivity index (χ1n) is 8.18. The first kappa shape index (κ1) is 16.0. The summed E-state index contributed by atoms with van der Waals surface area (Å²) in [4.78, 5) is 23.5. The van der Waals surface area contributed by atoms with Gasteiger partial charge in [0.1, 0.15) is 16.2 Å². The highest BCUT2D eigenvalue weighted by Crippen LogP contribution is 2.32. The maximum atomic E-state index is 14.0. The molecule has 0 aliphatic carbocycles. The second kappa shape index (κ2) is 6.40. The van der Waals surface area contributed by atoms with Crippen LogP contribution in [0.4, 0.5) is 9.52 Å². The van der Waals surface area contributed by atoms with Crippen LogP contribution >= 0.6 is 11.3 Å². The van der Waals surface area contributed by atoms with E-state index in [4.69, 9.17) is 5.73 Å². The summed E-state index contributed by atoms with van der Waals surface area (Å²) in [6, 6.07) is 10.3. The molecule has 0 spiro atoms. The number of thiazole rings is 1. The summed E-state index contributed by atoms with van der Waals surface area (Å²) >= 11 is 1.49. The molecule has 5 nitrogen and oxygen atoms in total. The van der Waals surface area contributed by atoms with Crippen molar-refractivity contribution in [2.24, 2.45) is 11.7 Å². The maximum Gasteiger partial charge on any atom is 0.220 e. The molecule has 0 radical (unpaired) electrons. The average molecular weight is 356 g/mol. The van der Waals surface area contributed by atoms with Crippen LogP contribution in [0.2, 0.25) is 0 Å². The standard InChI is InChI=1S/C18H17FN4OS/c19-13-4-2-1-3-12(13)14-5-6-15-17(21-14)25-18(22-15)23-9-7-11(8-10-23)16(20)24/h1-6,11H,7-10H2,(H2,20,24). The van der Waals surface area contributed by atoms with Crippen molar-refractivity contribution in [1.82, 2.24) is 9.97 Å². The zero-order valence-electron chi connectivity index (χ0n) is 13.5. The van der Waals surface area contributed by atoms with Crippen molar-refractivity contribution in [3.05, 3.63) is 42.2 Å². The van der Waals surface area contributed by atoms with Gasteiger partial charge in [0, 0.05) is 24.6 Å². The number of carbonyl (C=O) groups is 1. The van der Waals surface area contributed by atoms with Gasteiger partial charge in [0.15, 0.2) is 5.13 Å². The molecule has 1 aromatic carbocycles. The number of amides is 1. The molecule has 1 aliphatic heterocycles. The summed E-state index contributed by atoms with van der Waals surface area (Å²) in [5, 5.41) is 0.885. The Labute approximate surface area is 148 Å². The monoisotopic (exact) mass is 356 g/mol. The Bertz CT molecular complexity index is 934. The summed E-state index contributed by atoms with van der Waals surface area (Å²) in [6.45, 7) is 1.52. The third-order valence-electron chi connectivity index (χ3n) is 4.56. The maximum absolute atomic E-state index is 14.0. The van der Waals surface area contributed by atoms with Gasteiger partial charge in [-0.25, -0.2) is 14.4 Å². The fraction of sp³-hybridized carbons (Fsp3) is 0.278. The summed E-state index contributed by atoms with van der Waals surface area (Å²) in [7, 11) is 0. The second-order valence-corrected chi connectivity index (χ2v) is 7.12. The Hall–Kier alpha value is -2.54. The van der Waals surface area contributed by atoms with E-state index >= 15 is 0 Å². The molecule has 1 amide bonds. The smallest absolute Gasteiger partial charge is 0.220 e. The minimum atomic E-state index is -0.285. The Morgan fingerprint density at radius 2 is 1.92 bits per heavy atom. The zero-order valence-corrected chi connectivity index (χ0v) is 14.3. The van der Waals surface area contributed by atoms with E-state index < -0.39 is 0 Å². The lowest BCUT2D eigenvalue weighted by Crippen LogP contribution is -2.38. The number of pyridine rings is 1. The number of aromatic nitrogens is 2. The van der Waals surface area contributed by atoms with Crippen molar-refractivity contribution in [2.75, 3.05) is 18.0 Å². The van der Waals surface area contributed by atoms with Gasteiger partial charge >= 0.3 is 0 Å². The molecule has 2 aromatic heterocycles. The number of nitrogens with two attached hydrogens (primary N) is 1. The second-order valence-electron chi connectivity index (χ2n) is 6.16. The first-order valence-corrected chi connectivity index (χ1v) is 9.00. The van der Waals surface area contributed by atoms with E-state index in [9.17, 15) is 9.18 Å².